The second-order valence-electron chi connectivity index (χ2n) is 3.70. The van der Waals surface area contributed by atoms with Gasteiger partial charge in [-0.05, 0) is 19.9 Å². The number of methoxy groups -OCH3 is 1. The molecular weight excluding hydrogens is 206 g/mol. The van der Waals surface area contributed by atoms with Crippen LogP contribution in [0.3, 0.4) is 0 Å². The van der Waals surface area contributed by atoms with E-state index in [1.165, 1.54) is 0 Å². The molecule has 4 heteroatoms. The Hall–Kier alpha value is -1.13. The van der Waals surface area contributed by atoms with Gasteiger partial charge in [0, 0.05) is 30.6 Å². The maximum absolute atomic E-state index is 10.7. The van der Waals surface area contributed by atoms with Gasteiger partial charge >= 0.3 is 0 Å². The van der Waals surface area contributed by atoms with Gasteiger partial charge in [0.2, 0.25) is 0 Å². The van der Waals surface area contributed by atoms with E-state index in [0.29, 0.717) is 19.8 Å². The Morgan fingerprint density at radius 1 is 1.31 bits per heavy atom. The van der Waals surface area contributed by atoms with Crippen molar-refractivity contribution in [3.05, 3.63) is 23.0 Å². The summed E-state index contributed by atoms with van der Waals surface area (Å²) in [5.74, 6) is 0. The topological polar surface area (TPSA) is 40.5 Å². The highest BCUT2D eigenvalue weighted by molar-refractivity contribution is 5.77. The first-order valence-electron chi connectivity index (χ1n) is 5.39. The summed E-state index contributed by atoms with van der Waals surface area (Å²) >= 11 is 0. The number of ether oxygens (including phenoxy) is 2. The summed E-state index contributed by atoms with van der Waals surface area (Å²) in [6, 6.07) is 1.90. The maximum Gasteiger partial charge on any atom is 0.151 e. The molecule has 1 rings (SSSR count). The molecule has 0 unspecified atom stereocenters. The van der Waals surface area contributed by atoms with E-state index in [1.54, 1.807) is 7.11 Å². The minimum Gasteiger partial charge on any atom is -0.382 e. The summed E-state index contributed by atoms with van der Waals surface area (Å²) < 4.78 is 12.4. The molecule has 0 aliphatic carbocycles. The summed E-state index contributed by atoms with van der Waals surface area (Å²) in [5, 5.41) is 0. The molecule has 0 spiro atoms. The van der Waals surface area contributed by atoms with Crippen molar-refractivity contribution in [2.45, 2.75) is 20.4 Å². The summed E-state index contributed by atoms with van der Waals surface area (Å²) in [6.45, 7) is 6.58. The quantitative estimate of drug-likeness (QED) is 0.522. The van der Waals surface area contributed by atoms with Gasteiger partial charge < -0.3 is 14.0 Å². The highest BCUT2D eigenvalue weighted by Gasteiger charge is 2.07. The molecule has 90 valence electrons. The molecule has 0 aliphatic rings. The van der Waals surface area contributed by atoms with Crippen LogP contribution in [0.2, 0.25) is 0 Å². The number of aldehydes is 1. The van der Waals surface area contributed by atoms with E-state index in [-0.39, 0.29) is 0 Å². The van der Waals surface area contributed by atoms with Gasteiger partial charge in [-0.25, -0.2) is 0 Å². The van der Waals surface area contributed by atoms with Crippen molar-refractivity contribution in [3.8, 4) is 0 Å². The third kappa shape index (κ3) is 3.18. The number of nitrogens with zero attached hydrogens (tertiary/aromatic N) is 1. The second-order valence-corrected chi connectivity index (χ2v) is 3.70. The average Bonchev–Trinajstić information content (AvgIpc) is 2.55. The predicted octanol–water partition coefficient (Wildman–Crippen LogP) is 1.58. The van der Waals surface area contributed by atoms with Crippen molar-refractivity contribution in [3.63, 3.8) is 0 Å². The Bertz CT molecular complexity index is 344. The monoisotopic (exact) mass is 225 g/mol. The van der Waals surface area contributed by atoms with Gasteiger partial charge in [-0.15, -0.1) is 0 Å². The SMILES string of the molecule is COCCOCCn1c(C)cc(C=O)c1C. The fraction of sp³-hybridized carbons (Fsp3) is 0.583. The maximum atomic E-state index is 10.7. The number of aryl methyl sites for hydroxylation is 1. The average molecular weight is 225 g/mol. The van der Waals surface area contributed by atoms with Crippen molar-refractivity contribution in [1.82, 2.24) is 4.57 Å². The standard InChI is InChI=1S/C12H19NO3/c1-10-8-12(9-14)11(2)13(10)4-5-16-7-6-15-3/h8-9H,4-7H2,1-3H3. The fourth-order valence-electron chi connectivity index (χ4n) is 1.69. The van der Waals surface area contributed by atoms with Crippen molar-refractivity contribution >= 4 is 6.29 Å². The lowest BCUT2D eigenvalue weighted by Gasteiger charge is -2.09. The minimum atomic E-state index is 0.608. The molecule has 1 aromatic heterocycles. The van der Waals surface area contributed by atoms with E-state index in [4.69, 9.17) is 9.47 Å². The molecule has 4 nitrogen and oxygen atoms in total. The normalized spacial score (nSPS) is 10.7. The van der Waals surface area contributed by atoms with Crippen LogP contribution < -0.4 is 0 Å². The van der Waals surface area contributed by atoms with E-state index >= 15 is 0 Å². The summed E-state index contributed by atoms with van der Waals surface area (Å²) in [4.78, 5) is 10.7. The van der Waals surface area contributed by atoms with Crippen LogP contribution in [0.4, 0.5) is 0 Å². The molecule has 0 saturated carbocycles. The third-order valence-corrected chi connectivity index (χ3v) is 2.63. The molecule has 1 heterocycles. The fourth-order valence-corrected chi connectivity index (χ4v) is 1.69. The molecule has 1 aromatic rings. The van der Waals surface area contributed by atoms with Gasteiger partial charge in [0.05, 0.1) is 19.8 Å². The van der Waals surface area contributed by atoms with Gasteiger partial charge in [-0.3, -0.25) is 4.79 Å². The molecule has 0 aromatic carbocycles. The van der Waals surface area contributed by atoms with Crippen LogP contribution in [0, 0.1) is 13.8 Å². The minimum absolute atomic E-state index is 0.608. The van der Waals surface area contributed by atoms with Crippen LogP contribution >= 0.6 is 0 Å². The summed E-state index contributed by atoms with van der Waals surface area (Å²) in [5.41, 5.74) is 2.85. The molecular formula is C12H19NO3. The van der Waals surface area contributed by atoms with Crippen LogP contribution in [-0.4, -0.2) is 37.8 Å². The number of rotatable bonds is 7. The van der Waals surface area contributed by atoms with Crippen LogP contribution in [0.15, 0.2) is 6.07 Å². The van der Waals surface area contributed by atoms with Gasteiger partial charge in [0.25, 0.3) is 0 Å². The molecule has 0 atom stereocenters. The van der Waals surface area contributed by atoms with Crippen LogP contribution in [0.5, 0.6) is 0 Å². The molecule has 16 heavy (non-hydrogen) atoms. The Balaban J connectivity index is 2.47. The highest BCUT2D eigenvalue weighted by Crippen LogP contribution is 2.12. The summed E-state index contributed by atoms with van der Waals surface area (Å²) in [6.07, 6.45) is 0.893. The molecule has 0 bridgehead atoms. The molecule has 0 saturated heterocycles. The zero-order valence-corrected chi connectivity index (χ0v) is 10.2. The van der Waals surface area contributed by atoms with E-state index in [0.717, 1.165) is 29.8 Å². The number of carbonyl (C=O) groups is 1. The Labute approximate surface area is 96.2 Å². The Kier molecular flexibility index (Phi) is 5.22. The Morgan fingerprint density at radius 2 is 2.06 bits per heavy atom. The van der Waals surface area contributed by atoms with Crippen molar-refractivity contribution in [2.75, 3.05) is 26.9 Å². The lowest BCUT2D eigenvalue weighted by molar-refractivity contribution is 0.0663. The lowest BCUT2D eigenvalue weighted by Crippen LogP contribution is -2.11. The lowest BCUT2D eigenvalue weighted by atomic mass is 10.3. The molecule has 0 radical (unpaired) electrons. The van der Waals surface area contributed by atoms with Crippen LogP contribution in [0.25, 0.3) is 0 Å². The predicted molar refractivity (Wildman–Crippen MR) is 62.0 cm³/mol. The van der Waals surface area contributed by atoms with Crippen molar-refractivity contribution in [2.24, 2.45) is 0 Å². The summed E-state index contributed by atoms with van der Waals surface area (Å²) in [7, 11) is 1.65. The van der Waals surface area contributed by atoms with E-state index < -0.39 is 0 Å². The molecule has 0 amide bonds. The largest absolute Gasteiger partial charge is 0.382 e. The van der Waals surface area contributed by atoms with Gasteiger partial charge in [-0.1, -0.05) is 0 Å². The van der Waals surface area contributed by atoms with Gasteiger partial charge in [0.15, 0.2) is 6.29 Å². The van der Waals surface area contributed by atoms with Crippen molar-refractivity contribution in [1.29, 1.82) is 0 Å². The first-order valence-corrected chi connectivity index (χ1v) is 5.39. The van der Waals surface area contributed by atoms with Crippen molar-refractivity contribution < 1.29 is 14.3 Å². The smallest absolute Gasteiger partial charge is 0.151 e. The number of hydrogen-bond acceptors (Lipinski definition) is 3. The number of aromatic nitrogens is 1. The number of hydrogen-bond donors (Lipinski definition) is 0. The van der Waals surface area contributed by atoms with E-state index in [2.05, 4.69) is 4.57 Å². The van der Waals surface area contributed by atoms with Gasteiger partial charge in [-0.2, -0.15) is 0 Å². The number of carbonyl (C=O) groups excluding carboxylic acids is 1. The molecule has 0 fully saturated rings. The van der Waals surface area contributed by atoms with E-state index in [9.17, 15) is 4.79 Å². The van der Waals surface area contributed by atoms with E-state index in [1.807, 2.05) is 19.9 Å². The molecule has 0 aliphatic heterocycles. The van der Waals surface area contributed by atoms with Gasteiger partial charge in [0.1, 0.15) is 0 Å². The second kappa shape index (κ2) is 6.45. The zero-order valence-electron chi connectivity index (χ0n) is 10.2. The highest BCUT2D eigenvalue weighted by atomic mass is 16.5. The van der Waals surface area contributed by atoms with Crippen LogP contribution in [0.1, 0.15) is 21.7 Å². The third-order valence-electron chi connectivity index (χ3n) is 2.63. The van der Waals surface area contributed by atoms with Crippen LogP contribution in [-0.2, 0) is 16.0 Å². The first-order chi connectivity index (χ1) is 7.70. The Morgan fingerprint density at radius 3 is 2.62 bits per heavy atom. The first kappa shape index (κ1) is 12.9. The zero-order chi connectivity index (χ0) is 12.0. The molecule has 0 N–H and O–H groups in total.